The summed E-state index contributed by atoms with van der Waals surface area (Å²) in [5, 5.41) is 0. The number of aryl methyl sites for hydroxylation is 1. The molecular formula is C25H38N2O4. The number of carbonyl (C=O) groups is 2. The number of hydrogen-bond donors (Lipinski definition) is 0. The molecule has 0 aliphatic carbocycles. The van der Waals surface area contributed by atoms with Crippen LogP contribution >= 0.6 is 0 Å². The first-order chi connectivity index (χ1) is 15.2. The largest absolute Gasteiger partial charge is 0.492 e. The van der Waals surface area contributed by atoms with Crippen molar-refractivity contribution < 1.29 is 19.1 Å². The molecule has 1 aromatic rings. The van der Waals surface area contributed by atoms with Gasteiger partial charge in [0.05, 0.1) is 6.61 Å². The lowest BCUT2D eigenvalue weighted by molar-refractivity contribution is -0.143. The van der Waals surface area contributed by atoms with Crippen molar-refractivity contribution in [3.05, 3.63) is 29.8 Å². The maximum absolute atomic E-state index is 13.0. The topological polar surface area (TPSA) is 59.1 Å². The minimum absolute atomic E-state index is 0.139. The van der Waals surface area contributed by atoms with Gasteiger partial charge in [0, 0.05) is 32.0 Å². The lowest BCUT2D eigenvalue weighted by atomic mass is 9.95. The van der Waals surface area contributed by atoms with Crippen molar-refractivity contribution in [1.29, 1.82) is 0 Å². The molecule has 3 rings (SSSR count). The highest BCUT2D eigenvalue weighted by Crippen LogP contribution is 2.24. The fourth-order valence-electron chi connectivity index (χ4n) is 4.66. The molecule has 1 amide bonds. The van der Waals surface area contributed by atoms with Crippen molar-refractivity contribution >= 4 is 11.9 Å². The van der Waals surface area contributed by atoms with Crippen LogP contribution in [0.1, 0.15) is 63.9 Å². The van der Waals surface area contributed by atoms with E-state index in [-0.39, 0.29) is 5.97 Å². The van der Waals surface area contributed by atoms with Crippen LogP contribution in [-0.4, -0.2) is 67.1 Å². The Bertz CT molecular complexity index is 709. The Morgan fingerprint density at radius 3 is 2.90 bits per heavy atom. The molecule has 0 aromatic heterocycles. The van der Waals surface area contributed by atoms with Crippen LogP contribution in [-0.2, 0) is 20.7 Å². The van der Waals surface area contributed by atoms with Crippen molar-refractivity contribution in [2.75, 3.05) is 39.4 Å². The van der Waals surface area contributed by atoms with Crippen LogP contribution < -0.4 is 4.74 Å². The predicted octanol–water partition coefficient (Wildman–Crippen LogP) is 3.82. The quantitative estimate of drug-likeness (QED) is 0.665. The molecule has 2 heterocycles. The molecule has 0 N–H and O–H groups in total. The van der Waals surface area contributed by atoms with Gasteiger partial charge in [0.1, 0.15) is 12.4 Å². The fourth-order valence-corrected chi connectivity index (χ4v) is 4.66. The Balaban J connectivity index is 1.63. The predicted molar refractivity (Wildman–Crippen MR) is 121 cm³/mol. The first-order valence-corrected chi connectivity index (χ1v) is 12.0. The Morgan fingerprint density at radius 1 is 1.13 bits per heavy atom. The second-order valence-corrected chi connectivity index (χ2v) is 8.63. The summed E-state index contributed by atoms with van der Waals surface area (Å²) in [6.45, 7) is 6.20. The maximum Gasteiger partial charge on any atom is 0.305 e. The molecule has 1 saturated heterocycles. The van der Waals surface area contributed by atoms with E-state index >= 15 is 0 Å². The van der Waals surface area contributed by atoms with E-state index in [9.17, 15) is 9.59 Å². The van der Waals surface area contributed by atoms with E-state index in [1.807, 2.05) is 13.0 Å². The van der Waals surface area contributed by atoms with Gasteiger partial charge in [-0.05, 0) is 82.7 Å². The number of benzene rings is 1. The minimum atomic E-state index is -0.139. The Kier molecular flexibility index (Phi) is 9.66. The first-order valence-electron chi connectivity index (χ1n) is 12.0. The van der Waals surface area contributed by atoms with Gasteiger partial charge in [-0.15, -0.1) is 0 Å². The van der Waals surface area contributed by atoms with Crippen LogP contribution in [0, 0.1) is 0 Å². The third-order valence-electron chi connectivity index (χ3n) is 6.31. The fraction of sp³-hybridized carbons (Fsp3) is 0.680. The molecule has 2 aliphatic rings. The van der Waals surface area contributed by atoms with Crippen LogP contribution in [0.15, 0.2) is 24.3 Å². The monoisotopic (exact) mass is 430 g/mol. The van der Waals surface area contributed by atoms with Gasteiger partial charge in [-0.1, -0.05) is 12.1 Å². The summed E-state index contributed by atoms with van der Waals surface area (Å²) in [5.74, 6) is 1.08. The smallest absolute Gasteiger partial charge is 0.305 e. The van der Waals surface area contributed by atoms with E-state index in [2.05, 4.69) is 28.0 Å². The van der Waals surface area contributed by atoms with Gasteiger partial charge in [0.2, 0.25) is 5.91 Å². The zero-order chi connectivity index (χ0) is 21.9. The van der Waals surface area contributed by atoms with Gasteiger partial charge in [-0.2, -0.15) is 0 Å². The molecule has 1 aromatic carbocycles. The lowest BCUT2D eigenvalue weighted by Gasteiger charge is -2.36. The normalized spacial score (nSPS) is 21.4. The summed E-state index contributed by atoms with van der Waals surface area (Å²) >= 11 is 0. The molecule has 1 fully saturated rings. The van der Waals surface area contributed by atoms with Gasteiger partial charge in [-0.25, -0.2) is 0 Å². The van der Waals surface area contributed by atoms with Crippen LogP contribution in [0.5, 0.6) is 5.75 Å². The van der Waals surface area contributed by atoms with Crippen LogP contribution in [0.3, 0.4) is 0 Å². The standard InChI is InChI=1S/C25H38N2O4/c1-2-30-25(29)12-7-16-26-15-6-11-24(28)27-17-4-3-9-22(27)14-13-21-8-5-10-23(20-21)31-19-18-26/h5,8,10,20,22H,2-4,6-7,9,11-19H2,1H3. The zero-order valence-corrected chi connectivity index (χ0v) is 19.0. The first kappa shape index (κ1) is 23.6. The van der Waals surface area contributed by atoms with Gasteiger partial charge >= 0.3 is 5.97 Å². The summed E-state index contributed by atoms with van der Waals surface area (Å²) in [6.07, 6.45) is 8.08. The van der Waals surface area contributed by atoms with E-state index in [1.54, 1.807) is 0 Å². The SMILES string of the molecule is CCOC(=O)CCCN1CCCC(=O)N2CCCCC2CCc2cccc(c2)OCC1. The molecule has 0 saturated carbocycles. The highest BCUT2D eigenvalue weighted by molar-refractivity contribution is 5.76. The highest BCUT2D eigenvalue weighted by Gasteiger charge is 2.26. The number of amides is 1. The Labute approximate surface area is 186 Å². The molecule has 1 atom stereocenters. The Hall–Kier alpha value is -2.08. The number of rotatable bonds is 5. The van der Waals surface area contributed by atoms with E-state index in [0.29, 0.717) is 38.0 Å². The number of piperidine rings is 1. The summed E-state index contributed by atoms with van der Waals surface area (Å²) in [4.78, 5) is 29.1. The maximum atomic E-state index is 13.0. The van der Waals surface area contributed by atoms with Crippen molar-refractivity contribution in [3.8, 4) is 5.75 Å². The third-order valence-corrected chi connectivity index (χ3v) is 6.31. The van der Waals surface area contributed by atoms with E-state index in [1.165, 1.54) is 12.0 Å². The number of fused-ring (bicyclic) bond motifs is 3. The molecule has 2 bridgehead atoms. The zero-order valence-electron chi connectivity index (χ0n) is 19.0. The molecule has 31 heavy (non-hydrogen) atoms. The summed E-state index contributed by atoms with van der Waals surface area (Å²) in [7, 11) is 0. The molecule has 0 radical (unpaired) electrons. The van der Waals surface area contributed by atoms with Crippen LogP contribution in [0.2, 0.25) is 0 Å². The van der Waals surface area contributed by atoms with Crippen molar-refractivity contribution in [1.82, 2.24) is 9.80 Å². The van der Waals surface area contributed by atoms with E-state index in [0.717, 1.165) is 70.5 Å². The second kappa shape index (κ2) is 12.7. The number of hydrogen-bond acceptors (Lipinski definition) is 5. The van der Waals surface area contributed by atoms with Crippen molar-refractivity contribution in [3.63, 3.8) is 0 Å². The van der Waals surface area contributed by atoms with Gasteiger partial charge in [0.15, 0.2) is 0 Å². The molecule has 6 heteroatoms. The molecular weight excluding hydrogens is 392 g/mol. The van der Waals surface area contributed by atoms with Gasteiger partial charge in [-0.3, -0.25) is 14.5 Å². The van der Waals surface area contributed by atoms with E-state index < -0.39 is 0 Å². The molecule has 0 spiro atoms. The number of carbonyl (C=O) groups excluding carboxylic acids is 2. The van der Waals surface area contributed by atoms with Crippen LogP contribution in [0.4, 0.5) is 0 Å². The second-order valence-electron chi connectivity index (χ2n) is 8.63. The third kappa shape index (κ3) is 7.84. The van der Waals surface area contributed by atoms with Crippen molar-refractivity contribution in [2.24, 2.45) is 0 Å². The lowest BCUT2D eigenvalue weighted by Crippen LogP contribution is -2.44. The molecule has 6 nitrogen and oxygen atoms in total. The van der Waals surface area contributed by atoms with Crippen LogP contribution in [0.25, 0.3) is 0 Å². The summed E-state index contributed by atoms with van der Waals surface area (Å²) in [6, 6.07) is 8.73. The van der Waals surface area contributed by atoms with Crippen molar-refractivity contribution in [2.45, 2.75) is 70.8 Å². The average Bonchev–Trinajstić information content (AvgIpc) is 2.77. The average molecular weight is 431 g/mol. The highest BCUT2D eigenvalue weighted by atomic mass is 16.5. The molecule has 2 aliphatic heterocycles. The summed E-state index contributed by atoms with van der Waals surface area (Å²) < 4.78 is 11.1. The molecule has 172 valence electrons. The van der Waals surface area contributed by atoms with Gasteiger partial charge < -0.3 is 14.4 Å². The minimum Gasteiger partial charge on any atom is -0.492 e. The number of ether oxygens (including phenoxy) is 2. The van der Waals surface area contributed by atoms with Gasteiger partial charge in [0.25, 0.3) is 0 Å². The Morgan fingerprint density at radius 2 is 2.03 bits per heavy atom. The van der Waals surface area contributed by atoms with E-state index in [4.69, 9.17) is 9.47 Å². The number of nitrogens with zero attached hydrogens (tertiary/aromatic N) is 2. The molecule has 1 unspecified atom stereocenters. The number of esters is 1. The summed E-state index contributed by atoms with van der Waals surface area (Å²) in [5.41, 5.74) is 1.27.